The van der Waals surface area contributed by atoms with Gasteiger partial charge in [0.2, 0.25) is 5.79 Å². The molecule has 0 amide bonds. The van der Waals surface area contributed by atoms with Crippen LogP contribution in [-0.2, 0) is 23.8 Å². The highest BCUT2D eigenvalue weighted by Crippen LogP contribution is 2.24. The van der Waals surface area contributed by atoms with Crippen LogP contribution < -0.4 is 0 Å². The van der Waals surface area contributed by atoms with Crippen LogP contribution in [0, 0.1) is 0 Å². The number of hydrogen-bond donors (Lipinski definition) is 0. The van der Waals surface area contributed by atoms with Gasteiger partial charge in [-0.25, -0.2) is 4.79 Å². The van der Waals surface area contributed by atoms with Gasteiger partial charge in [0.15, 0.2) is 0 Å². The van der Waals surface area contributed by atoms with Crippen LogP contribution >= 0.6 is 11.8 Å². The van der Waals surface area contributed by atoms with Crippen molar-refractivity contribution < 1.29 is 23.8 Å². The van der Waals surface area contributed by atoms with E-state index in [2.05, 4.69) is 6.58 Å². The maximum absolute atomic E-state index is 11.5. The van der Waals surface area contributed by atoms with E-state index in [0.29, 0.717) is 17.9 Å². The van der Waals surface area contributed by atoms with Gasteiger partial charge in [-0.3, -0.25) is 4.79 Å². The minimum Gasteiger partial charge on any atom is -0.462 e. The van der Waals surface area contributed by atoms with Gasteiger partial charge in [-0.05, 0) is 6.92 Å². The van der Waals surface area contributed by atoms with E-state index in [4.69, 9.17) is 14.2 Å². The summed E-state index contributed by atoms with van der Waals surface area (Å²) in [6.07, 6.45) is 0.0165. The van der Waals surface area contributed by atoms with Gasteiger partial charge in [-0.1, -0.05) is 6.58 Å². The summed E-state index contributed by atoms with van der Waals surface area (Å²) >= 11 is 1.68. The zero-order chi connectivity index (χ0) is 13.6. The van der Waals surface area contributed by atoms with Crippen molar-refractivity contribution in [1.29, 1.82) is 0 Å². The van der Waals surface area contributed by atoms with Gasteiger partial charge in [0.25, 0.3) is 0 Å². The van der Waals surface area contributed by atoms with E-state index in [1.54, 1.807) is 25.6 Å². The molecule has 0 saturated carbocycles. The van der Waals surface area contributed by atoms with Gasteiger partial charge in [0.05, 0.1) is 18.8 Å². The van der Waals surface area contributed by atoms with Crippen molar-refractivity contribution >= 4 is 23.7 Å². The summed E-state index contributed by atoms with van der Waals surface area (Å²) in [5, 5.41) is 0. The van der Waals surface area contributed by atoms with E-state index in [-0.39, 0.29) is 13.0 Å². The van der Waals surface area contributed by atoms with Gasteiger partial charge < -0.3 is 14.2 Å². The van der Waals surface area contributed by atoms with Crippen LogP contribution in [0.1, 0.15) is 20.3 Å². The number of carbonyl (C=O) groups excluding carboxylic acids is 2. The second kappa shape index (κ2) is 6.80. The molecule has 1 fully saturated rings. The van der Waals surface area contributed by atoms with E-state index < -0.39 is 17.7 Å². The van der Waals surface area contributed by atoms with E-state index >= 15 is 0 Å². The highest BCUT2D eigenvalue weighted by atomic mass is 32.2. The standard InChI is InChI=1S/C12H18O5S/c1-9(2)11(14)15-5-4-10(13)17-12(3)8-18-7-6-16-12/h1,4-8H2,2-3H3. The van der Waals surface area contributed by atoms with Crippen LogP contribution in [0.25, 0.3) is 0 Å². The smallest absolute Gasteiger partial charge is 0.333 e. The average Bonchev–Trinajstić information content (AvgIpc) is 2.28. The molecule has 18 heavy (non-hydrogen) atoms. The topological polar surface area (TPSA) is 61.8 Å². The van der Waals surface area contributed by atoms with Crippen molar-refractivity contribution in [2.45, 2.75) is 26.1 Å². The molecule has 102 valence electrons. The van der Waals surface area contributed by atoms with Crippen LogP contribution in [0.2, 0.25) is 0 Å². The van der Waals surface area contributed by atoms with Crippen LogP contribution in [0.15, 0.2) is 12.2 Å². The van der Waals surface area contributed by atoms with Gasteiger partial charge in [-0.2, -0.15) is 11.8 Å². The summed E-state index contributed by atoms with van der Waals surface area (Å²) in [6.45, 7) is 7.29. The summed E-state index contributed by atoms with van der Waals surface area (Å²) in [7, 11) is 0. The van der Waals surface area contributed by atoms with Gasteiger partial charge in [0, 0.05) is 18.2 Å². The Labute approximate surface area is 111 Å². The fraction of sp³-hybridized carbons (Fsp3) is 0.667. The maximum Gasteiger partial charge on any atom is 0.333 e. The third-order valence-electron chi connectivity index (χ3n) is 2.22. The van der Waals surface area contributed by atoms with Gasteiger partial charge >= 0.3 is 11.9 Å². The average molecular weight is 274 g/mol. The first-order valence-corrected chi connectivity index (χ1v) is 6.84. The Bertz CT molecular complexity index is 333. The zero-order valence-electron chi connectivity index (χ0n) is 10.7. The van der Waals surface area contributed by atoms with E-state index in [9.17, 15) is 9.59 Å². The summed E-state index contributed by atoms with van der Waals surface area (Å²) in [5.74, 6) is -0.278. The highest BCUT2D eigenvalue weighted by Gasteiger charge is 2.32. The molecule has 1 saturated heterocycles. The quantitative estimate of drug-likeness (QED) is 0.559. The Morgan fingerprint density at radius 3 is 2.78 bits per heavy atom. The fourth-order valence-corrected chi connectivity index (χ4v) is 2.18. The Kier molecular flexibility index (Phi) is 5.68. The summed E-state index contributed by atoms with van der Waals surface area (Å²) in [6, 6.07) is 0. The lowest BCUT2D eigenvalue weighted by atomic mass is 10.3. The van der Waals surface area contributed by atoms with Crippen molar-refractivity contribution in [3.63, 3.8) is 0 Å². The first-order chi connectivity index (χ1) is 8.43. The molecule has 1 atom stereocenters. The maximum atomic E-state index is 11.5. The second-order valence-electron chi connectivity index (χ2n) is 4.18. The largest absolute Gasteiger partial charge is 0.462 e. The molecule has 0 aromatic carbocycles. The molecule has 6 heteroatoms. The Balaban J connectivity index is 2.25. The summed E-state index contributed by atoms with van der Waals surface area (Å²) in [4.78, 5) is 22.6. The molecule has 0 aromatic rings. The zero-order valence-corrected chi connectivity index (χ0v) is 11.5. The summed E-state index contributed by atoms with van der Waals surface area (Å²) < 4.78 is 15.5. The third-order valence-corrected chi connectivity index (χ3v) is 3.40. The van der Waals surface area contributed by atoms with Crippen molar-refractivity contribution in [1.82, 2.24) is 0 Å². The molecular formula is C12H18O5S. The molecule has 0 aliphatic carbocycles. The summed E-state index contributed by atoms with van der Waals surface area (Å²) in [5.41, 5.74) is 0.308. The molecule has 0 bridgehead atoms. The molecule has 1 heterocycles. The molecular weight excluding hydrogens is 256 g/mol. The number of hydrogen-bond acceptors (Lipinski definition) is 6. The molecule has 0 radical (unpaired) electrons. The van der Waals surface area contributed by atoms with Gasteiger partial charge in [-0.15, -0.1) is 0 Å². The van der Waals surface area contributed by atoms with Crippen LogP contribution in [0.4, 0.5) is 0 Å². The molecule has 1 aliphatic heterocycles. The SMILES string of the molecule is C=C(C)C(=O)OCCC(=O)OC1(C)CSCCO1. The highest BCUT2D eigenvalue weighted by molar-refractivity contribution is 7.99. The molecule has 1 rings (SSSR count). The van der Waals surface area contributed by atoms with E-state index in [1.165, 1.54) is 0 Å². The number of ether oxygens (including phenoxy) is 3. The number of thioether (sulfide) groups is 1. The van der Waals surface area contributed by atoms with Crippen molar-refractivity contribution in [3.05, 3.63) is 12.2 Å². The first kappa shape index (κ1) is 15.0. The third kappa shape index (κ3) is 5.10. The van der Waals surface area contributed by atoms with E-state index in [1.807, 2.05) is 0 Å². The lowest BCUT2D eigenvalue weighted by molar-refractivity contribution is -0.213. The van der Waals surface area contributed by atoms with Crippen molar-refractivity contribution in [2.75, 3.05) is 24.7 Å². The van der Waals surface area contributed by atoms with Crippen LogP contribution in [0.5, 0.6) is 0 Å². The Morgan fingerprint density at radius 1 is 1.50 bits per heavy atom. The second-order valence-corrected chi connectivity index (χ2v) is 5.28. The van der Waals surface area contributed by atoms with Crippen LogP contribution in [-0.4, -0.2) is 42.4 Å². The predicted molar refractivity (Wildman–Crippen MR) is 68.2 cm³/mol. The number of esters is 2. The molecule has 1 aliphatic rings. The molecule has 5 nitrogen and oxygen atoms in total. The predicted octanol–water partition coefficient (Wildman–Crippen LogP) is 1.52. The van der Waals surface area contributed by atoms with Crippen LogP contribution in [0.3, 0.4) is 0 Å². The minimum atomic E-state index is -0.863. The van der Waals surface area contributed by atoms with E-state index in [0.717, 1.165) is 5.75 Å². The molecule has 1 unspecified atom stereocenters. The minimum absolute atomic E-state index is 0.00620. The monoisotopic (exact) mass is 274 g/mol. The molecule has 0 N–H and O–H groups in total. The fourth-order valence-electron chi connectivity index (χ4n) is 1.32. The Morgan fingerprint density at radius 2 is 2.22 bits per heavy atom. The lowest BCUT2D eigenvalue weighted by Crippen LogP contribution is -2.41. The molecule has 0 spiro atoms. The lowest BCUT2D eigenvalue weighted by Gasteiger charge is -2.32. The van der Waals surface area contributed by atoms with Crippen molar-refractivity contribution in [2.24, 2.45) is 0 Å². The normalized spacial score (nSPS) is 23.2. The number of carbonyl (C=O) groups is 2. The first-order valence-electron chi connectivity index (χ1n) is 5.69. The molecule has 0 aromatic heterocycles. The Hall–Kier alpha value is -1.01. The van der Waals surface area contributed by atoms with Gasteiger partial charge in [0.1, 0.15) is 6.61 Å². The van der Waals surface area contributed by atoms with Crippen molar-refractivity contribution in [3.8, 4) is 0 Å². The number of rotatable bonds is 5.